The fourth-order valence-electron chi connectivity index (χ4n) is 3.14. The highest BCUT2D eigenvalue weighted by Crippen LogP contribution is 2.23. The molecule has 3 aromatic rings. The van der Waals surface area contributed by atoms with Crippen LogP contribution in [0.4, 0.5) is 5.69 Å². The van der Waals surface area contributed by atoms with E-state index in [1.807, 2.05) is 26.0 Å². The molecule has 8 nitrogen and oxygen atoms in total. The van der Waals surface area contributed by atoms with Gasteiger partial charge in [0.25, 0.3) is 17.7 Å². The van der Waals surface area contributed by atoms with Crippen molar-refractivity contribution in [1.82, 2.24) is 16.2 Å². The van der Waals surface area contributed by atoms with Crippen molar-refractivity contribution in [1.29, 1.82) is 0 Å². The minimum absolute atomic E-state index is 0.0862. The summed E-state index contributed by atoms with van der Waals surface area (Å²) in [6.45, 7) is 4.30. The summed E-state index contributed by atoms with van der Waals surface area (Å²) < 4.78 is 6.33. The number of carbonyl (C=O) groups is 3. The van der Waals surface area contributed by atoms with Crippen LogP contribution in [0.15, 0.2) is 71.2 Å². The summed E-state index contributed by atoms with van der Waals surface area (Å²) >= 11 is 8.47. The predicted octanol–water partition coefficient (Wildman–Crippen LogP) is 4.75. The van der Waals surface area contributed by atoms with E-state index in [2.05, 4.69) is 37.4 Å². The molecule has 0 aliphatic heterocycles. The van der Waals surface area contributed by atoms with E-state index < -0.39 is 11.8 Å². The predicted molar refractivity (Wildman–Crippen MR) is 146 cm³/mol. The van der Waals surface area contributed by atoms with Crippen LogP contribution < -0.4 is 26.2 Å². The molecule has 0 saturated heterocycles. The van der Waals surface area contributed by atoms with E-state index in [1.54, 1.807) is 54.6 Å². The van der Waals surface area contributed by atoms with Crippen molar-refractivity contribution in [2.75, 3.05) is 11.9 Å². The lowest BCUT2D eigenvalue weighted by Gasteiger charge is -2.14. The Bertz CT molecular complexity index is 1280. The maximum absolute atomic E-state index is 12.7. The first kappa shape index (κ1) is 26.8. The van der Waals surface area contributed by atoms with Crippen LogP contribution in [0.2, 0.25) is 0 Å². The Labute approximate surface area is 222 Å². The van der Waals surface area contributed by atoms with Crippen molar-refractivity contribution < 1.29 is 19.1 Å². The van der Waals surface area contributed by atoms with Gasteiger partial charge in [-0.05, 0) is 79.7 Å². The smallest absolute Gasteiger partial charge is 0.269 e. The average molecular weight is 569 g/mol. The summed E-state index contributed by atoms with van der Waals surface area (Å²) in [5.74, 6) is -0.763. The van der Waals surface area contributed by atoms with Crippen LogP contribution in [-0.2, 0) is 0 Å². The Kier molecular flexibility index (Phi) is 9.54. The van der Waals surface area contributed by atoms with Gasteiger partial charge < -0.3 is 10.1 Å². The molecule has 0 aromatic heterocycles. The van der Waals surface area contributed by atoms with E-state index in [1.165, 1.54) is 0 Å². The molecule has 0 spiro atoms. The topological polar surface area (TPSA) is 109 Å². The van der Waals surface area contributed by atoms with Gasteiger partial charge in [0.05, 0.1) is 12.2 Å². The molecule has 0 aliphatic rings. The fourth-order valence-corrected chi connectivity index (χ4v) is 3.64. The van der Waals surface area contributed by atoms with Gasteiger partial charge in [0, 0.05) is 21.3 Å². The van der Waals surface area contributed by atoms with Gasteiger partial charge in [-0.3, -0.25) is 30.6 Å². The van der Waals surface area contributed by atoms with Crippen LogP contribution in [0, 0.1) is 6.92 Å². The fraction of sp³-hybridized carbons (Fsp3) is 0.154. The quantitative estimate of drug-likeness (QED) is 0.242. The number of halogens is 1. The molecule has 0 atom stereocenters. The molecule has 10 heteroatoms. The number of hydrogen-bond acceptors (Lipinski definition) is 5. The molecule has 0 bridgehead atoms. The average Bonchev–Trinajstić information content (AvgIpc) is 2.87. The number of ether oxygens (including phenoxy) is 1. The zero-order chi connectivity index (χ0) is 26.1. The molecule has 0 saturated carbocycles. The highest BCUT2D eigenvalue weighted by molar-refractivity contribution is 9.10. The standard InChI is InChI=1S/C26H25BrN4O4S/c1-3-14-35-22-13-10-18(27)15-21(22)25(34)29-26(36)31-30-23(32)17-8-11-19(12-9-17)28-24(33)20-7-5-4-6-16(20)2/h4-13,15H,3,14H2,1-2H3,(H,28,33)(H,30,32)(H2,29,31,34,36). The second kappa shape index (κ2) is 12.8. The summed E-state index contributed by atoms with van der Waals surface area (Å²) in [4.78, 5) is 37.6. The molecule has 0 radical (unpaired) electrons. The highest BCUT2D eigenvalue weighted by atomic mass is 79.9. The van der Waals surface area contributed by atoms with Gasteiger partial charge in [-0.1, -0.05) is 41.1 Å². The molecule has 36 heavy (non-hydrogen) atoms. The van der Waals surface area contributed by atoms with E-state index in [0.717, 1.165) is 12.0 Å². The molecular formula is C26H25BrN4O4S. The second-order valence-electron chi connectivity index (χ2n) is 7.70. The van der Waals surface area contributed by atoms with Crippen LogP contribution in [-0.4, -0.2) is 29.4 Å². The zero-order valence-corrected chi connectivity index (χ0v) is 22.1. The maximum Gasteiger partial charge on any atom is 0.269 e. The van der Waals surface area contributed by atoms with E-state index >= 15 is 0 Å². The number of nitrogens with one attached hydrogen (secondary N) is 4. The third kappa shape index (κ3) is 7.37. The minimum Gasteiger partial charge on any atom is -0.493 e. The van der Waals surface area contributed by atoms with Gasteiger partial charge in [0.2, 0.25) is 0 Å². The van der Waals surface area contributed by atoms with Gasteiger partial charge in [0.15, 0.2) is 5.11 Å². The molecule has 3 rings (SSSR count). The lowest BCUT2D eigenvalue weighted by molar-refractivity contribution is 0.0933. The molecule has 0 aliphatic carbocycles. The zero-order valence-electron chi connectivity index (χ0n) is 19.7. The molecule has 0 unspecified atom stereocenters. The first-order valence-corrected chi connectivity index (χ1v) is 12.3. The molecule has 0 heterocycles. The number of anilines is 1. The van der Waals surface area contributed by atoms with Crippen molar-refractivity contribution in [3.63, 3.8) is 0 Å². The second-order valence-corrected chi connectivity index (χ2v) is 9.02. The van der Waals surface area contributed by atoms with Crippen LogP contribution >= 0.6 is 28.1 Å². The molecule has 186 valence electrons. The van der Waals surface area contributed by atoms with Crippen LogP contribution in [0.25, 0.3) is 0 Å². The Balaban J connectivity index is 1.53. The van der Waals surface area contributed by atoms with Crippen molar-refractivity contribution in [2.24, 2.45) is 0 Å². The molecule has 3 aromatic carbocycles. The van der Waals surface area contributed by atoms with Gasteiger partial charge in [-0.15, -0.1) is 0 Å². The maximum atomic E-state index is 12.7. The summed E-state index contributed by atoms with van der Waals surface area (Å²) in [6, 6.07) is 18.7. The number of benzene rings is 3. The van der Waals surface area contributed by atoms with Crippen LogP contribution in [0.1, 0.15) is 50.0 Å². The first-order valence-electron chi connectivity index (χ1n) is 11.1. The van der Waals surface area contributed by atoms with Crippen LogP contribution in [0.3, 0.4) is 0 Å². The molecule has 4 N–H and O–H groups in total. The largest absolute Gasteiger partial charge is 0.493 e. The SMILES string of the molecule is CCCOc1ccc(Br)cc1C(=O)NC(=S)NNC(=O)c1ccc(NC(=O)c2ccccc2C)cc1. The number of hydrogen-bond donors (Lipinski definition) is 4. The highest BCUT2D eigenvalue weighted by Gasteiger charge is 2.15. The van der Waals surface area contributed by atoms with E-state index in [9.17, 15) is 14.4 Å². The number of carbonyl (C=O) groups excluding carboxylic acids is 3. The van der Waals surface area contributed by atoms with E-state index in [4.69, 9.17) is 17.0 Å². The van der Waals surface area contributed by atoms with Crippen molar-refractivity contribution in [3.8, 4) is 5.75 Å². The third-order valence-corrected chi connectivity index (χ3v) is 5.66. The Morgan fingerprint density at radius 3 is 2.31 bits per heavy atom. The Hall–Kier alpha value is -3.76. The molecular weight excluding hydrogens is 544 g/mol. The van der Waals surface area contributed by atoms with Crippen molar-refractivity contribution in [2.45, 2.75) is 20.3 Å². The van der Waals surface area contributed by atoms with E-state index in [0.29, 0.717) is 39.2 Å². The number of thiocarbonyl (C=S) groups is 1. The number of amides is 3. The molecule has 0 fully saturated rings. The monoisotopic (exact) mass is 568 g/mol. The van der Waals surface area contributed by atoms with Gasteiger partial charge in [0.1, 0.15) is 5.75 Å². The third-order valence-electron chi connectivity index (χ3n) is 4.96. The number of rotatable bonds is 7. The lowest BCUT2D eigenvalue weighted by Crippen LogP contribution is -2.48. The van der Waals surface area contributed by atoms with Gasteiger partial charge >= 0.3 is 0 Å². The minimum atomic E-state index is -0.483. The summed E-state index contributed by atoms with van der Waals surface area (Å²) in [6.07, 6.45) is 0.795. The Morgan fingerprint density at radius 1 is 0.889 bits per heavy atom. The normalized spacial score (nSPS) is 10.2. The number of hydrazine groups is 1. The summed E-state index contributed by atoms with van der Waals surface area (Å²) in [5.41, 5.74) is 7.56. The van der Waals surface area contributed by atoms with Crippen molar-refractivity contribution >= 4 is 56.7 Å². The van der Waals surface area contributed by atoms with Crippen LogP contribution in [0.5, 0.6) is 5.75 Å². The molecule has 3 amide bonds. The summed E-state index contributed by atoms with van der Waals surface area (Å²) in [7, 11) is 0. The van der Waals surface area contributed by atoms with Crippen molar-refractivity contribution in [3.05, 3.63) is 93.5 Å². The Morgan fingerprint density at radius 2 is 1.61 bits per heavy atom. The lowest BCUT2D eigenvalue weighted by atomic mass is 10.1. The van der Waals surface area contributed by atoms with Gasteiger partial charge in [-0.2, -0.15) is 0 Å². The first-order chi connectivity index (χ1) is 17.3. The van der Waals surface area contributed by atoms with Gasteiger partial charge in [-0.25, -0.2) is 0 Å². The summed E-state index contributed by atoms with van der Waals surface area (Å²) in [5, 5.41) is 5.24. The van der Waals surface area contributed by atoms with E-state index in [-0.39, 0.29) is 11.0 Å². The number of aryl methyl sites for hydroxylation is 1.